The van der Waals surface area contributed by atoms with E-state index in [0.29, 0.717) is 6.42 Å². The molecule has 2 heterocycles. The highest BCUT2D eigenvalue weighted by Gasteiger charge is 2.32. The summed E-state index contributed by atoms with van der Waals surface area (Å²) >= 11 is 1.60. The number of thiazole rings is 1. The van der Waals surface area contributed by atoms with E-state index in [0.717, 1.165) is 30.6 Å². The fourth-order valence-electron chi connectivity index (χ4n) is 2.65. The first-order valence-electron chi connectivity index (χ1n) is 7.09. The Balaban J connectivity index is 1.60. The second-order valence-corrected chi connectivity index (χ2v) is 6.24. The Bertz CT molecular complexity index is 638. The third-order valence-electron chi connectivity index (χ3n) is 4.01. The van der Waals surface area contributed by atoms with Gasteiger partial charge in [0, 0.05) is 17.8 Å². The van der Waals surface area contributed by atoms with E-state index in [2.05, 4.69) is 4.98 Å². The van der Waals surface area contributed by atoms with Gasteiger partial charge in [-0.2, -0.15) is 0 Å². The van der Waals surface area contributed by atoms with Crippen molar-refractivity contribution < 1.29 is 9.18 Å². The minimum absolute atomic E-state index is 0.112. The van der Waals surface area contributed by atoms with Gasteiger partial charge in [0.15, 0.2) is 0 Å². The number of hydrogen-bond donors (Lipinski definition) is 0. The van der Waals surface area contributed by atoms with Gasteiger partial charge < -0.3 is 4.90 Å². The van der Waals surface area contributed by atoms with E-state index in [9.17, 15) is 9.18 Å². The van der Waals surface area contributed by atoms with E-state index in [1.807, 2.05) is 17.3 Å². The fraction of sp³-hybridized carbons (Fsp3) is 0.375. The van der Waals surface area contributed by atoms with Gasteiger partial charge in [0.05, 0.1) is 17.2 Å². The maximum atomic E-state index is 13.0. The van der Waals surface area contributed by atoms with E-state index < -0.39 is 0 Å². The van der Waals surface area contributed by atoms with Gasteiger partial charge in [-0.1, -0.05) is 12.1 Å². The van der Waals surface area contributed by atoms with E-state index in [-0.39, 0.29) is 17.8 Å². The molecule has 2 aromatic rings. The summed E-state index contributed by atoms with van der Waals surface area (Å²) in [6.07, 6.45) is 2.22. The number of aromatic nitrogens is 1. The molecular weight excluding hydrogens is 287 g/mol. The van der Waals surface area contributed by atoms with Gasteiger partial charge >= 0.3 is 0 Å². The molecule has 0 unspecified atom stereocenters. The molecule has 1 amide bonds. The summed E-state index contributed by atoms with van der Waals surface area (Å²) in [6, 6.07) is 6.56. The Morgan fingerprint density at radius 3 is 2.76 bits per heavy atom. The first kappa shape index (κ1) is 14.2. The summed E-state index contributed by atoms with van der Waals surface area (Å²) in [5.41, 5.74) is 3.86. The Hall–Kier alpha value is -1.75. The first-order chi connectivity index (χ1) is 10.1. The molecule has 1 atom stereocenters. The number of carbonyl (C=O) groups is 1. The van der Waals surface area contributed by atoms with Gasteiger partial charge in [-0.15, -0.1) is 11.3 Å². The molecule has 0 spiro atoms. The summed E-state index contributed by atoms with van der Waals surface area (Å²) in [7, 11) is 0. The van der Waals surface area contributed by atoms with Crippen LogP contribution in [-0.2, 0) is 11.2 Å². The second kappa shape index (κ2) is 5.93. The van der Waals surface area contributed by atoms with Crippen LogP contribution in [0.25, 0.3) is 0 Å². The molecule has 5 heteroatoms. The maximum absolute atomic E-state index is 13.0. The molecule has 3 nitrogen and oxygen atoms in total. The number of carbonyl (C=O) groups excluding carboxylic acids is 1. The summed E-state index contributed by atoms with van der Waals surface area (Å²) in [4.78, 5) is 19.6. The number of rotatable bonds is 4. The fourth-order valence-corrected chi connectivity index (χ4v) is 3.43. The van der Waals surface area contributed by atoms with Gasteiger partial charge in [-0.3, -0.25) is 4.79 Å². The predicted molar refractivity (Wildman–Crippen MR) is 80.6 cm³/mol. The smallest absolute Gasteiger partial charge is 0.223 e. The quantitative estimate of drug-likeness (QED) is 0.866. The molecule has 3 rings (SSSR count). The summed E-state index contributed by atoms with van der Waals surface area (Å²) in [6.45, 7) is 2.77. The molecule has 1 saturated heterocycles. The van der Waals surface area contributed by atoms with E-state index in [4.69, 9.17) is 0 Å². The molecule has 0 N–H and O–H groups in total. The SMILES string of the molecule is Cc1ncsc1CCC(=O)N1CC[C@H]1c1ccc(F)cc1. The van der Waals surface area contributed by atoms with E-state index >= 15 is 0 Å². The molecule has 0 radical (unpaired) electrons. The Morgan fingerprint density at radius 1 is 1.43 bits per heavy atom. The molecule has 0 bridgehead atoms. The third kappa shape index (κ3) is 2.97. The highest BCUT2D eigenvalue weighted by molar-refractivity contribution is 7.09. The van der Waals surface area contributed by atoms with Crippen LogP contribution in [0.2, 0.25) is 0 Å². The Kier molecular flexibility index (Phi) is 4.01. The van der Waals surface area contributed by atoms with Gasteiger partial charge in [0.25, 0.3) is 0 Å². The van der Waals surface area contributed by atoms with Crippen molar-refractivity contribution in [1.29, 1.82) is 0 Å². The third-order valence-corrected chi connectivity index (χ3v) is 5.00. The predicted octanol–water partition coefficient (Wildman–Crippen LogP) is 3.50. The lowest BCUT2D eigenvalue weighted by Crippen LogP contribution is -2.45. The molecule has 110 valence electrons. The zero-order chi connectivity index (χ0) is 14.8. The number of benzene rings is 1. The van der Waals surface area contributed by atoms with Crippen LogP contribution < -0.4 is 0 Å². The molecule has 0 aliphatic carbocycles. The van der Waals surface area contributed by atoms with Crippen LogP contribution in [0.3, 0.4) is 0 Å². The zero-order valence-corrected chi connectivity index (χ0v) is 12.7. The molecule has 1 aliphatic heterocycles. The van der Waals surface area contributed by atoms with Gasteiger partial charge in [-0.25, -0.2) is 9.37 Å². The van der Waals surface area contributed by atoms with Crippen LogP contribution in [-0.4, -0.2) is 22.3 Å². The number of nitrogens with zero attached hydrogens (tertiary/aromatic N) is 2. The largest absolute Gasteiger partial charge is 0.335 e. The highest BCUT2D eigenvalue weighted by atomic mass is 32.1. The van der Waals surface area contributed by atoms with Crippen molar-refractivity contribution in [1.82, 2.24) is 9.88 Å². The summed E-state index contributed by atoms with van der Waals surface area (Å²) < 4.78 is 13.0. The first-order valence-corrected chi connectivity index (χ1v) is 7.97. The number of likely N-dealkylation sites (tertiary alicyclic amines) is 1. The molecule has 1 aromatic heterocycles. The Morgan fingerprint density at radius 2 is 2.19 bits per heavy atom. The Labute approximate surface area is 127 Å². The standard InChI is InChI=1S/C16H17FN2OS/c1-11-15(21-10-18-11)6-7-16(20)19-9-8-14(19)12-2-4-13(17)5-3-12/h2-5,10,14H,6-9H2,1H3/t14-/m0/s1. The number of amides is 1. The van der Waals surface area contributed by atoms with Crippen molar-refractivity contribution in [2.45, 2.75) is 32.2 Å². The minimum Gasteiger partial charge on any atom is -0.335 e. The minimum atomic E-state index is -0.239. The summed E-state index contributed by atoms with van der Waals surface area (Å²) in [5, 5.41) is 0. The molecule has 1 aromatic carbocycles. The average molecular weight is 304 g/mol. The normalized spacial score (nSPS) is 17.6. The van der Waals surface area contributed by atoms with E-state index in [1.165, 1.54) is 17.0 Å². The second-order valence-electron chi connectivity index (χ2n) is 5.30. The monoisotopic (exact) mass is 304 g/mol. The van der Waals surface area contributed by atoms with Crippen molar-refractivity contribution in [2.24, 2.45) is 0 Å². The van der Waals surface area contributed by atoms with Crippen LogP contribution in [0, 0.1) is 12.7 Å². The molecule has 1 fully saturated rings. The lowest BCUT2D eigenvalue weighted by molar-refractivity contribution is -0.139. The van der Waals surface area contributed by atoms with Gasteiger partial charge in [0.1, 0.15) is 5.82 Å². The van der Waals surface area contributed by atoms with E-state index in [1.54, 1.807) is 23.5 Å². The zero-order valence-electron chi connectivity index (χ0n) is 11.9. The molecule has 0 saturated carbocycles. The number of aryl methyl sites for hydroxylation is 2. The molecular formula is C16H17FN2OS. The summed E-state index contributed by atoms with van der Waals surface area (Å²) in [5.74, 6) is -0.0694. The van der Waals surface area contributed by atoms with Crippen molar-refractivity contribution in [3.05, 3.63) is 51.7 Å². The lowest BCUT2D eigenvalue weighted by Gasteiger charge is -2.41. The van der Waals surface area contributed by atoms with Crippen molar-refractivity contribution in [3.63, 3.8) is 0 Å². The highest BCUT2D eigenvalue weighted by Crippen LogP contribution is 2.34. The van der Waals surface area contributed by atoms with Gasteiger partial charge in [0.2, 0.25) is 5.91 Å². The van der Waals surface area contributed by atoms with Crippen LogP contribution in [0.15, 0.2) is 29.8 Å². The number of halogens is 1. The van der Waals surface area contributed by atoms with Crippen molar-refractivity contribution in [2.75, 3.05) is 6.54 Å². The lowest BCUT2D eigenvalue weighted by atomic mass is 9.94. The van der Waals surface area contributed by atoms with Gasteiger partial charge in [-0.05, 0) is 37.5 Å². The molecule has 1 aliphatic rings. The van der Waals surface area contributed by atoms with Crippen LogP contribution in [0.4, 0.5) is 4.39 Å². The maximum Gasteiger partial charge on any atom is 0.223 e. The molecule has 21 heavy (non-hydrogen) atoms. The van der Waals surface area contributed by atoms with Crippen molar-refractivity contribution in [3.8, 4) is 0 Å². The van der Waals surface area contributed by atoms with Crippen LogP contribution in [0.1, 0.15) is 35.0 Å². The number of hydrogen-bond acceptors (Lipinski definition) is 3. The topological polar surface area (TPSA) is 33.2 Å². The van der Waals surface area contributed by atoms with Crippen molar-refractivity contribution >= 4 is 17.2 Å². The van der Waals surface area contributed by atoms with Crippen LogP contribution >= 0.6 is 11.3 Å². The average Bonchev–Trinajstić information content (AvgIpc) is 2.83. The van der Waals surface area contributed by atoms with Crippen LogP contribution in [0.5, 0.6) is 0 Å².